The highest BCUT2D eigenvalue weighted by Crippen LogP contribution is 2.38. The monoisotopic (exact) mass is 250 g/mol. The molecule has 3 rings (SSSR count). The van der Waals surface area contributed by atoms with E-state index < -0.39 is 0 Å². The Morgan fingerprint density at radius 3 is 2.78 bits per heavy atom. The van der Waals surface area contributed by atoms with Crippen LogP contribution in [-0.2, 0) is 9.47 Å². The molecule has 2 aliphatic heterocycles. The molecular formula is C14H22N2O2. The smallest absolute Gasteiger partial charge is 0.0951 e. The molecular weight excluding hydrogens is 228 g/mol. The van der Waals surface area contributed by atoms with Gasteiger partial charge in [-0.15, -0.1) is 0 Å². The summed E-state index contributed by atoms with van der Waals surface area (Å²) in [5, 5.41) is 8.80. The summed E-state index contributed by atoms with van der Waals surface area (Å²) < 4.78 is 11.5. The third kappa shape index (κ3) is 2.54. The van der Waals surface area contributed by atoms with Crippen molar-refractivity contribution in [1.82, 2.24) is 4.90 Å². The van der Waals surface area contributed by atoms with Crippen LogP contribution in [0.25, 0.3) is 0 Å². The Hall–Kier alpha value is -0.630. The lowest BCUT2D eigenvalue weighted by Gasteiger charge is -2.42. The van der Waals surface area contributed by atoms with Crippen LogP contribution in [0.2, 0.25) is 0 Å². The Morgan fingerprint density at radius 2 is 2.11 bits per heavy atom. The molecule has 4 nitrogen and oxygen atoms in total. The van der Waals surface area contributed by atoms with Gasteiger partial charge in [0.05, 0.1) is 18.3 Å². The summed E-state index contributed by atoms with van der Waals surface area (Å²) in [6, 6.07) is 3.62. The molecule has 0 radical (unpaired) electrons. The van der Waals surface area contributed by atoms with E-state index >= 15 is 0 Å². The number of hydrogen-bond donors (Lipinski definition) is 0. The van der Waals surface area contributed by atoms with E-state index in [9.17, 15) is 0 Å². The normalized spacial score (nSPS) is 36.1. The number of nitrogens with zero attached hydrogens (tertiary/aromatic N) is 2. The first-order chi connectivity index (χ1) is 8.83. The fourth-order valence-corrected chi connectivity index (χ4v) is 3.40. The van der Waals surface area contributed by atoms with Gasteiger partial charge in [0.1, 0.15) is 0 Å². The average Bonchev–Trinajstić information content (AvgIpc) is 3.13. The maximum atomic E-state index is 8.80. The molecule has 1 spiro atoms. The average molecular weight is 250 g/mol. The lowest BCUT2D eigenvalue weighted by molar-refractivity contribution is -0.107. The maximum absolute atomic E-state index is 8.80. The Bertz CT molecular complexity index is 329. The second-order valence-electron chi connectivity index (χ2n) is 5.86. The van der Waals surface area contributed by atoms with E-state index in [1.807, 2.05) is 0 Å². The lowest BCUT2D eigenvalue weighted by atomic mass is 9.88. The molecule has 3 fully saturated rings. The molecule has 1 saturated carbocycles. The van der Waals surface area contributed by atoms with Gasteiger partial charge < -0.3 is 9.47 Å². The van der Waals surface area contributed by atoms with E-state index in [1.165, 1.54) is 12.8 Å². The minimum absolute atomic E-state index is 0.0112. The van der Waals surface area contributed by atoms with Crippen molar-refractivity contribution in [3.63, 3.8) is 0 Å². The van der Waals surface area contributed by atoms with Crippen molar-refractivity contribution in [2.45, 2.75) is 56.2 Å². The van der Waals surface area contributed by atoms with Crippen LogP contribution in [0.1, 0.15) is 38.5 Å². The Labute approximate surface area is 109 Å². The molecule has 0 aromatic carbocycles. The van der Waals surface area contributed by atoms with Crippen molar-refractivity contribution in [2.75, 3.05) is 26.4 Å². The standard InChI is InChI=1S/C14H22N2O2/c15-6-1-7-16(12-2-3-12)13-4-8-18-14(10-13)5-9-17-11-14/h12-13H,1-5,7-11H2. The van der Waals surface area contributed by atoms with Crippen LogP contribution in [0, 0.1) is 11.3 Å². The molecule has 100 valence electrons. The summed E-state index contributed by atoms with van der Waals surface area (Å²) in [6.45, 7) is 3.39. The molecule has 2 unspecified atom stereocenters. The molecule has 18 heavy (non-hydrogen) atoms. The zero-order valence-electron chi connectivity index (χ0n) is 10.9. The summed E-state index contributed by atoms with van der Waals surface area (Å²) in [7, 11) is 0. The van der Waals surface area contributed by atoms with Crippen molar-refractivity contribution >= 4 is 0 Å². The van der Waals surface area contributed by atoms with Gasteiger partial charge in [-0.3, -0.25) is 4.90 Å². The summed E-state index contributed by atoms with van der Waals surface area (Å²) in [6.07, 6.45) is 6.52. The molecule has 3 aliphatic rings. The number of rotatable bonds is 4. The zero-order chi connectivity index (χ0) is 12.4. The first-order valence-electron chi connectivity index (χ1n) is 7.17. The minimum atomic E-state index is -0.0112. The lowest BCUT2D eigenvalue weighted by Crippen LogP contribution is -2.50. The largest absolute Gasteiger partial charge is 0.378 e. The van der Waals surface area contributed by atoms with Gasteiger partial charge in [-0.2, -0.15) is 5.26 Å². The van der Waals surface area contributed by atoms with Crippen molar-refractivity contribution in [2.24, 2.45) is 0 Å². The van der Waals surface area contributed by atoms with Gasteiger partial charge >= 0.3 is 0 Å². The summed E-state index contributed by atoms with van der Waals surface area (Å²) >= 11 is 0. The maximum Gasteiger partial charge on any atom is 0.0951 e. The third-order valence-electron chi connectivity index (χ3n) is 4.50. The van der Waals surface area contributed by atoms with Crippen molar-refractivity contribution in [3.8, 4) is 6.07 Å². The molecule has 0 aromatic heterocycles. The van der Waals surface area contributed by atoms with E-state index in [0.717, 1.165) is 51.7 Å². The molecule has 2 saturated heterocycles. The Morgan fingerprint density at radius 1 is 1.22 bits per heavy atom. The van der Waals surface area contributed by atoms with Crippen LogP contribution in [-0.4, -0.2) is 49.0 Å². The van der Waals surface area contributed by atoms with Gasteiger partial charge in [-0.25, -0.2) is 0 Å². The molecule has 2 atom stereocenters. The molecule has 1 aliphatic carbocycles. The van der Waals surface area contributed by atoms with Gasteiger partial charge in [0, 0.05) is 44.7 Å². The zero-order valence-corrected chi connectivity index (χ0v) is 10.9. The molecule has 0 N–H and O–H groups in total. The summed E-state index contributed by atoms with van der Waals surface area (Å²) in [5.74, 6) is 0. The number of nitriles is 1. The molecule has 0 amide bonds. The van der Waals surface area contributed by atoms with E-state index in [4.69, 9.17) is 14.7 Å². The second-order valence-corrected chi connectivity index (χ2v) is 5.86. The van der Waals surface area contributed by atoms with E-state index in [1.54, 1.807) is 0 Å². The summed E-state index contributed by atoms with van der Waals surface area (Å²) in [4.78, 5) is 2.58. The van der Waals surface area contributed by atoms with Crippen molar-refractivity contribution < 1.29 is 9.47 Å². The first-order valence-corrected chi connectivity index (χ1v) is 7.17. The Kier molecular flexibility index (Phi) is 3.56. The predicted octanol–water partition coefficient (Wildman–Crippen LogP) is 1.70. The number of hydrogen-bond acceptors (Lipinski definition) is 4. The molecule has 2 heterocycles. The molecule has 4 heteroatoms. The van der Waals surface area contributed by atoms with Crippen LogP contribution in [0.5, 0.6) is 0 Å². The van der Waals surface area contributed by atoms with Crippen LogP contribution in [0.4, 0.5) is 0 Å². The van der Waals surface area contributed by atoms with Gasteiger partial charge in [0.25, 0.3) is 0 Å². The Balaban J connectivity index is 1.64. The van der Waals surface area contributed by atoms with Crippen molar-refractivity contribution in [3.05, 3.63) is 0 Å². The minimum Gasteiger partial charge on any atom is -0.378 e. The fraction of sp³-hybridized carbons (Fsp3) is 0.929. The fourth-order valence-electron chi connectivity index (χ4n) is 3.40. The van der Waals surface area contributed by atoms with Gasteiger partial charge in [0.15, 0.2) is 0 Å². The third-order valence-corrected chi connectivity index (χ3v) is 4.50. The highest BCUT2D eigenvalue weighted by molar-refractivity contribution is 4.97. The first kappa shape index (κ1) is 12.4. The van der Waals surface area contributed by atoms with Crippen LogP contribution >= 0.6 is 0 Å². The highest BCUT2D eigenvalue weighted by Gasteiger charge is 2.44. The molecule has 0 bridgehead atoms. The predicted molar refractivity (Wildman–Crippen MR) is 67.1 cm³/mol. The number of ether oxygens (including phenoxy) is 2. The van der Waals surface area contributed by atoms with Gasteiger partial charge in [-0.1, -0.05) is 0 Å². The van der Waals surface area contributed by atoms with Crippen LogP contribution in [0.15, 0.2) is 0 Å². The second kappa shape index (κ2) is 5.16. The van der Waals surface area contributed by atoms with Crippen LogP contribution in [0.3, 0.4) is 0 Å². The SMILES string of the molecule is N#CCCN(C1CC1)C1CCOC2(CCOC2)C1. The summed E-state index contributed by atoms with van der Waals surface area (Å²) in [5.41, 5.74) is -0.0112. The van der Waals surface area contributed by atoms with E-state index in [-0.39, 0.29) is 5.60 Å². The van der Waals surface area contributed by atoms with Crippen LogP contribution < -0.4 is 0 Å². The highest BCUT2D eigenvalue weighted by atomic mass is 16.6. The van der Waals surface area contributed by atoms with E-state index in [0.29, 0.717) is 12.5 Å². The topological polar surface area (TPSA) is 45.5 Å². The van der Waals surface area contributed by atoms with E-state index in [2.05, 4.69) is 11.0 Å². The van der Waals surface area contributed by atoms with Crippen molar-refractivity contribution in [1.29, 1.82) is 5.26 Å². The quantitative estimate of drug-likeness (QED) is 0.762. The van der Waals surface area contributed by atoms with Gasteiger partial charge in [0.2, 0.25) is 0 Å². The molecule has 0 aromatic rings. The van der Waals surface area contributed by atoms with Gasteiger partial charge in [-0.05, 0) is 25.7 Å².